The maximum atomic E-state index is 15.1. The van der Waals surface area contributed by atoms with Gasteiger partial charge in [0.1, 0.15) is 0 Å². The van der Waals surface area contributed by atoms with Crippen LogP contribution >= 0.6 is 0 Å². The van der Waals surface area contributed by atoms with Crippen LogP contribution in [0.3, 0.4) is 0 Å². The van der Waals surface area contributed by atoms with E-state index in [0.29, 0.717) is 32.1 Å². The van der Waals surface area contributed by atoms with Crippen molar-refractivity contribution >= 4 is 5.97 Å². The SMILES string of the molecule is CCCCOc1ccc(C(=O)Oc2ccc(C3CCC(c4ccc(OCCCC)c(F)c4F)CC3)c(F)c2F)c(F)c1F. The Morgan fingerprint density at radius 2 is 1.02 bits per heavy atom. The molecule has 0 N–H and O–H groups in total. The summed E-state index contributed by atoms with van der Waals surface area (Å²) >= 11 is 0. The lowest BCUT2D eigenvalue weighted by Gasteiger charge is -2.30. The van der Waals surface area contributed by atoms with Gasteiger partial charge >= 0.3 is 5.97 Å². The topological polar surface area (TPSA) is 44.8 Å². The van der Waals surface area contributed by atoms with Gasteiger partial charge in [-0.15, -0.1) is 0 Å². The zero-order valence-electron chi connectivity index (χ0n) is 24.1. The van der Waals surface area contributed by atoms with E-state index in [1.54, 1.807) is 0 Å². The number of rotatable bonds is 12. The van der Waals surface area contributed by atoms with Gasteiger partial charge in [-0.1, -0.05) is 38.8 Å². The fraction of sp³-hybridized carbons (Fsp3) is 0.424. The lowest BCUT2D eigenvalue weighted by molar-refractivity contribution is 0.0720. The van der Waals surface area contributed by atoms with Crippen LogP contribution in [0.1, 0.15) is 98.5 Å². The lowest BCUT2D eigenvalue weighted by Crippen LogP contribution is -2.17. The molecule has 43 heavy (non-hydrogen) atoms. The predicted molar refractivity (Wildman–Crippen MR) is 149 cm³/mol. The summed E-state index contributed by atoms with van der Waals surface area (Å²) in [6.07, 6.45) is 4.57. The number of ether oxygens (including phenoxy) is 3. The van der Waals surface area contributed by atoms with Gasteiger partial charge in [-0.05, 0) is 85.8 Å². The molecule has 10 heteroatoms. The maximum absolute atomic E-state index is 15.1. The summed E-state index contributed by atoms with van der Waals surface area (Å²) < 4.78 is 104. The van der Waals surface area contributed by atoms with E-state index in [2.05, 4.69) is 0 Å². The first-order chi connectivity index (χ1) is 20.7. The van der Waals surface area contributed by atoms with Crippen molar-refractivity contribution in [2.24, 2.45) is 0 Å². The van der Waals surface area contributed by atoms with Crippen LogP contribution in [0.15, 0.2) is 36.4 Å². The van der Waals surface area contributed by atoms with E-state index < -0.39 is 58.1 Å². The Hall–Kier alpha value is -3.69. The van der Waals surface area contributed by atoms with Crippen molar-refractivity contribution in [3.8, 4) is 17.2 Å². The highest BCUT2D eigenvalue weighted by molar-refractivity contribution is 5.91. The number of benzene rings is 3. The molecule has 0 atom stereocenters. The van der Waals surface area contributed by atoms with Crippen LogP contribution < -0.4 is 14.2 Å². The molecule has 4 rings (SSSR count). The number of carbonyl (C=O) groups excluding carboxylic acids is 1. The molecule has 0 amide bonds. The molecule has 0 saturated heterocycles. The van der Waals surface area contributed by atoms with E-state index in [1.807, 2.05) is 13.8 Å². The average Bonchev–Trinajstić information content (AvgIpc) is 3.00. The Labute approximate surface area is 247 Å². The largest absolute Gasteiger partial charge is 0.490 e. The van der Waals surface area contributed by atoms with E-state index >= 15 is 4.39 Å². The Kier molecular flexibility index (Phi) is 11.0. The van der Waals surface area contributed by atoms with Gasteiger partial charge in [0.15, 0.2) is 34.7 Å². The number of esters is 1. The van der Waals surface area contributed by atoms with Crippen LogP contribution in [0.5, 0.6) is 17.2 Å². The predicted octanol–water partition coefficient (Wildman–Crippen LogP) is 9.54. The summed E-state index contributed by atoms with van der Waals surface area (Å²) in [5.41, 5.74) is -0.531. The minimum Gasteiger partial charge on any atom is -0.490 e. The highest BCUT2D eigenvalue weighted by Crippen LogP contribution is 2.43. The molecular weight excluding hydrogens is 574 g/mol. The molecule has 0 heterocycles. The zero-order chi connectivity index (χ0) is 31.1. The standard InChI is InChI=1S/C33H34F6O4/c1-3-5-17-41-24-14-11-21(27(34)30(24)37)19-7-9-20(10-8-19)22-12-16-26(32(39)28(22)35)43-33(40)23-13-15-25(31(38)29(23)36)42-18-6-4-2/h11-16,19-20H,3-10,17-18H2,1-2H3. The zero-order valence-corrected chi connectivity index (χ0v) is 24.1. The second kappa shape index (κ2) is 14.7. The van der Waals surface area contributed by atoms with Crippen molar-refractivity contribution in [1.29, 1.82) is 0 Å². The molecule has 0 bridgehead atoms. The van der Waals surface area contributed by atoms with Gasteiger partial charge < -0.3 is 14.2 Å². The number of unbranched alkanes of at least 4 members (excludes halogenated alkanes) is 2. The normalized spacial score (nSPS) is 16.7. The van der Waals surface area contributed by atoms with Gasteiger partial charge in [-0.3, -0.25) is 0 Å². The molecule has 0 spiro atoms. The van der Waals surface area contributed by atoms with E-state index in [0.717, 1.165) is 37.5 Å². The number of hydrogen-bond donors (Lipinski definition) is 0. The summed E-state index contributed by atoms with van der Waals surface area (Å²) in [6, 6.07) is 7.27. The van der Waals surface area contributed by atoms with Crippen molar-refractivity contribution in [2.45, 2.75) is 77.0 Å². The molecule has 1 fully saturated rings. The summed E-state index contributed by atoms with van der Waals surface area (Å²) in [4.78, 5) is 12.5. The minimum atomic E-state index is -1.52. The van der Waals surface area contributed by atoms with Crippen molar-refractivity contribution in [3.63, 3.8) is 0 Å². The van der Waals surface area contributed by atoms with Gasteiger partial charge in [-0.2, -0.15) is 13.2 Å². The number of carbonyl (C=O) groups is 1. The Balaban J connectivity index is 1.41. The van der Waals surface area contributed by atoms with Crippen molar-refractivity contribution in [1.82, 2.24) is 0 Å². The highest BCUT2D eigenvalue weighted by atomic mass is 19.2. The third-order valence-corrected chi connectivity index (χ3v) is 7.74. The van der Waals surface area contributed by atoms with E-state index in [1.165, 1.54) is 18.2 Å². The van der Waals surface area contributed by atoms with Crippen LogP contribution in [0.25, 0.3) is 0 Å². The molecule has 0 aliphatic heterocycles. The van der Waals surface area contributed by atoms with Crippen molar-refractivity contribution < 1.29 is 45.3 Å². The highest BCUT2D eigenvalue weighted by Gasteiger charge is 2.30. The summed E-state index contributed by atoms with van der Waals surface area (Å²) in [5, 5.41) is 0. The maximum Gasteiger partial charge on any atom is 0.346 e. The lowest BCUT2D eigenvalue weighted by atomic mass is 9.76. The Morgan fingerprint density at radius 3 is 1.51 bits per heavy atom. The molecule has 1 aliphatic carbocycles. The molecule has 4 nitrogen and oxygen atoms in total. The molecular formula is C33H34F6O4. The molecule has 3 aromatic rings. The second-order valence-corrected chi connectivity index (χ2v) is 10.6. The van der Waals surface area contributed by atoms with Gasteiger partial charge in [-0.25, -0.2) is 18.0 Å². The number of halogens is 6. The van der Waals surface area contributed by atoms with E-state index in [9.17, 15) is 26.7 Å². The minimum absolute atomic E-state index is 0.0490. The second-order valence-electron chi connectivity index (χ2n) is 10.6. The van der Waals surface area contributed by atoms with Crippen molar-refractivity contribution in [2.75, 3.05) is 13.2 Å². The Morgan fingerprint density at radius 1 is 0.605 bits per heavy atom. The molecule has 0 unspecified atom stereocenters. The quantitative estimate of drug-likeness (QED) is 0.0889. The molecule has 1 aliphatic rings. The van der Waals surface area contributed by atoms with Gasteiger partial charge in [0.2, 0.25) is 17.5 Å². The van der Waals surface area contributed by atoms with Crippen LogP contribution in [0, 0.1) is 34.9 Å². The Bertz CT molecular complexity index is 1440. The molecule has 1 saturated carbocycles. The summed E-state index contributed by atoms with van der Waals surface area (Å²) in [6.45, 7) is 4.30. The third kappa shape index (κ3) is 7.28. The molecule has 3 aromatic carbocycles. The fourth-order valence-electron chi connectivity index (χ4n) is 5.24. The van der Waals surface area contributed by atoms with E-state index in [4.69, 9.17) is 14.2 Å². The van der Waals surface area contributed by atoms with Crippen molar-refractivity contribution in [3.05, 3.63) is 88.0 Å². The average molecular weight is 609 g/mol. The third-order valence-electron chi connectivity index (χ3n) is 7.74. The molecule has 0 aromatic heterocycles. The first-order valence-corrected chi connectivity index (χ1v) is 14.6. The smallest absolute Gasteiger partial charge is 0.346 e. The number of hydrogen-bond acceptors (Lipinski definition) is 4. The van der Waals surface area contributed by atoms with Crippen LogP contribution in [0.4, 0.5) is 26.3 Å². The monoisotopic (exact) mass is 608 g/mol. The summed E-state index contributed by atoms with van der Waals surface area (Å²) in [7, 11) is 0. The van der Waals surface area contributed by atoms with Crippen LogP contribution in [-0.4, -0.2) is 19.2 Å². The summed E-state index contributed by atoms with van der Waals surface area (Å²) in [5.74, 6) is -11.0. The first-order valence-electron chi connectivity index (χ1n) is 14.6. The van der Waals surface area contributed by atoms with Crippen LogP contribution in [-0.2, 0) is 0 Å². The van der Waals surface area contributed by atoms with Gasteiger partial charge in [0.05, 0.1) is 18.8 Å². The van der Waals surface area contributed by atoms with Gasteiger partial charge in [0.25, 0.3) is 0 Å². The molecule has 0 radical (unpaired) electrons. The van der Waals surface area contributed by atoms with E-state index in [-0.39, 0.29) is 41.8 Å². The van der Waals surface area contributed by atoms with Gasteiger partial charge in [0, 0.05) is 0 Å². The first kappa shape index (κ1) is 32.2. The van der Waals surface area contributed by atoms with Crippen LogP contribution in [0.2, 0.25) is 0 Å². The fourth-order valence-corrected chi connectivity index (χ4v) is 5.24. The molecule has 232 valence electrons.